The van der Waals surface area contributed by atoms with Crippen LogP contribution in [-0.4, -0.2) is 17.6 Å². The van der Waals surface area contributed by atoms with Crippen LogP contribution in [0.1, 0.15) is 11.1 Å². The minimum absolute atomic E-state index is 0.151. The third-order valence-electron chi connectivity index (χ3n) is 2.24. The van der Waals surface area contributed by atoms with Gasteiger partial charge in [0, 0.05) is 22.3 Å². The number of rotatable bonds is 4. The largest absolute Gasteiger partial charge is 0.478 e. The molecule has 0 radical (unpaired) electrons. The Morgan fingerprint density at radius 1 is 1.44 bits per heavy atom. The molecule has 0 aliphatic carbocycles. The van der Waals surface area contributed by atoms with Crippen molar-refractivity contribution in [3.05, 3.63) is 39.9 Å². The van der Waals surface area contributed by atoms with E-state index in [2.05, 4.69) is 27.8 Å². The maximum atomic E-state index is 10.6. The van der Waals surface area contributed by atoms with E-state index in [1.807, 2.05) is 26.0 Å². The summed E-state index contributed by atoms with van der Waals surface area (Å²) in [5.74, 6) is -0.974. The van der Waals surface area contributed by atoms with Crippen LogP contribution in [0.25, 0.3) is 0 Å². The van der Waals surface area contributed by atoms with Crippen molar-refractivity contribution in [3.63, 3.8) is 0 Å². The van der Waals surface area contributed by atoms with E-state index in [1.165, 1.54) is 0 Å². The lowest BCUT2D eigenvalue weighted by atomic mass is 10.1. The van der Waals surface area contributed by atoms with Crippen molar-refractivity contribution < 1.29 is 9.90 Å². The first-order chi connectivity index (χ1) is 7.41. The lowest BCUT2D eigenvalue weighted by molar-refractivity contribution is -0.132. The summed E-state index contributed by atoms with van der Waals surface area (Å²) in [4.78, 5) is 10.6. The molecule has 0 saturated carbocycles. The van der Waals surface area contributed by atoms with Gasteiger partial charge >= 0.3 is 5.97 Å². The molecule has 0 bridgehead atoms. The second kappa shape index (κ2) is 5.16. The zero-order valence-electron chi connectivity index (χ0n) is 9.30. The number of carboxylic acids is 1. The van der Waals surface area contributed by atoms with Crippen LogP contribution in [0.4, 0.5) is 5.69 Å². The number of benzene rings is 1. The number of nitrogens with one attached hydrogen (secondary N) is 1. The van der Waals surface area contributed by atoms with E-state index in [0.717, 1.165) is 21.3 Å². The van der Waals surface area contributed by atoms with Gasteiger partial charge in [0.2, 0.25) is 0 Å². The second-order valence-electron chi connectivity index (χ2n) is 3.69. The maximum absolute atomic E-state index is 10.6. The summed E-state index contributed by atoms with van der Waals surface area (Å²) in [5.41, 5.74) is 3.28. The fourth-order valence-electron chi connectivity index (χ4n) is 1.33. The molecule has 3 nitrogen and oxygen atoms in total. The molecule has 4 heteroatoms. The lowest BCUT2D eigenvalue weighted by Gasteiger charge is -2.10. The van der Waals surface area contributed by atoms with Crippen molar-refractivity contribution in [2.24, 2.45) is 0 Å². The Kier molecular flexibility index (Phi) is 4.12. The van der Waals surface area contributed by atoms with Crippen LogP contribution < -0.4 is 5.32 Å². The van der Waals surface area contributed by atoms with Gasteiger partial charge in [-0.1, -0.05) is 22.5 Å². The van der Waals surface area contributed by atoms with Gasteiger partial charge in [0.15, 0.2) is 0 Å². The van der Waals surface area contributed by atoms with Crippen molar-refractivity contribution in [3.8, 4) is 0 Å². The average molecular weight is 284 g/mol. The smallest absolute Gasteiger partial charge is 0.332 e. The Balaban J connectivity index is 2.76. The van der Waals surface area contributed by atoms with Crippen molar-refractivity contribution >= 4 is 27.6 Å². The molecule has 1 aromatic carbocycles. The highest BCUT2D eigenvalue weighted by molar-refractivity contribution is 9.10. The van der Waals surface area contributed by atoms with Crippen LogP contribution in [0, 0.1) is 13.8 Å². The summed E-state index contributed by atoms with van der Waals surface area (Å²) in [5, 5.41) is 11.7. The molecule has 0 atom stereocenters. The predicted octanol–water partition coefficient (Wildman–Crippen LogP) is 3.12. The van der Waals surface area contributed by atoms with E-state index in [1.54, 1.807) is 0 Å². The Labute approximate surface area is 103 Å². The first kappa shape index (κ1) is 12.8. The number of hydrogen-bond donors (Lipinski definition) is 2. The van der Waals surface area contributed by atoms with Gasteiger partial charge in [0.1, 0.15) is 0 Å². The molecule has 0 aliphatic heterocycles. The summed E-state index contributed by atoms with van der Waals surface area (Å²) >= 11 is 3.48. The molecule has 0 aromatic heterocycles. The van der Waals surface area contributed by atoms with Crippen molar-refractivity contribution in [2.45, 2.75) is 13.8 Å². The van der Waals surface area contributed by atoms with Gasteiger partial charge in [0.05, 0.1) is 0 Å². The molecule has 0 unspecified atom stereocenters. The number of halogens is 1. The summed E-state index contributed by atoms with van der Waals surface area (Å²) in [6.45, 7) is 7.69. The first-order valence-electron chi connectivity index (χ1n) is 4.83. The van der Waals surface area contributed by atoms with Gasteiger partial charge in [-0.3, -0.25) is 0 Å². The minimum atomic E-state index is -0.974. The maximum Gasteiger partial charge on any atom is 0.332 e. The Bertz CT molecular complexity index is 418. The molecule has 0 heterocycles. The normalized spacial score (nSPS) is 9.94. The minimum Gasteiger partial charge on any atom is -0.478 e. The molecular weight excluding hydrogens is 270 g/mol. The molecule has 0 saturated heterocycles. The fourth-order valence-corrected chi connectivity index (χ4v) is 1.56. The van der Waals surface area contributed by atoms with E-state index in [9.17, 15) is 4.79 Å². The predicted molar refractivity (Wildman–Crippen MR) is 68.9 cm³/mol. The lowest BCUT2D eigenvalue weighted by Crippen LogP contribution is -2.11. The molecule has 0 fully saturated rings. The summed E-state index contributed by atoms with van der Waals surface area (Å²) in [7, 11) is 0. The van der Waals surface area contributed by atoms with E-state index < -0.39 is 5.97 Å². The van der Waals surface area contributed by atoms with Crippen LogP contribution in [-0.2, 0) is 4.79 Å². The quantitative estimate of drug-likeness (QED) is 0.835. The molecular formula is C12H14BrNO2. The number of carbonyl (C=O) groups is 1. The SMILES string of the molecule is C=C(CNc1cc(C)c(Br)c(C)c1)C(=O)O. The third kappa shape index (κ3) is 3.10. The van der Waals surface area contributed by atoms with Crippen molar-refractivity contribution in [2.75, 3.05) is 11.9 Å². The van der Waals surface area contributed by atoms with Crippen LogP contribution in [0.3, 0.4) is 0 Å². The summed E-state index contributed by atoms with van der Waals surface area (Å²) < 4.78 is 1.08. The number of carboxylic acid groups (broad SMARTS) is 1. The monoisotopic (exact) mass is 283 g/mol. The zero-order chi connectivity index (χ0) is 12.3. The molecule has 0 spiro atoms. The van der Waals surface area contributed by atoms with Crippen LogP contribution in [0.5, 0.6) is 0 Å². The number of aryl methyl sites for hydroxylation is 2. The van der Waals surface area contributed by atoms with Crippen LogP contribution in [0.2, 0.25) is 0 Å². The molecule has 16 heavy (non-hydrogen) atoms. The third-order valence-corrected chi connectivity index (χ3v) is 3.50. The van der Waals surface area contributed by atoms with E-state index in [4.69, 9.17) is 5.11 Å². The zero-order valence-corrected chi connectivity index (χ0v) is 10.9. The number of anilines is 1. The highest BCUT2D eigenvalue weighted by Gasteiger charge is 2.05. The first-order valence-corrected chi connectivity index (χ1v) is 5.63. The van der Waals surface area contributed by atoms with Gasteiger partial charge in [-0.2, -0.15) is 0 Å². The van der Waals surface area contributed by atoms with Gasteiger partial charge in [-0.25, -0.2) is 4.79 Å². The van der Waals surface area contributed by atoms with Gasteiger partial charge < -0.3 is 10.4 Å². The Hall–Kier alpha value is -1.29. The number of aliphatic carboxylic acids is 1. The summed E-state index contributed by atoms with van der Waals surface area (Å²) in [6.07, 6.45) is 0. The Morgan fingerprint density at radius 3 is 2.38 bits per heavy atom. The Morgan fingerprint density at radius 2 is 1.94 bits per heavy atom. The second-order valence-corrected chi connectivity index (χ2v) is 4.48. The van der Waals surface area contributed by atoms with Gasteiger partial charge in [0.25, 0.3) is 0 Å². The van der Waals surface area contributed by atoms with Gasteiger partial charge in [-0.15, -0.1) is 0 Å². The number of hydrogen-bond acceptors (Lipinski definition) is 2. The van der Waals surface area contributed by atoms with E-state index in [-0.39, 0.29) is 12.1 Å². The molecule has 2 N–H and O–H groups in total. The average Bonchev–Trinajstić information content (AvgIpc) is 2.22. The highest BCUT2D eigenvalue weighted by atomic mass is 79.9. The summed E-state index contributed by atoms with van der Waals surface area (Å²) in [6, 6.07) is 3.93. The molecule has 0 aliphatic rings. The standard InChI is InChI=1S/C12H14BrNO2/c1-7-4-10(5-8(2)11(7)13)14-6-9(3)12(15)16/h4-5,14H,3,6H2,1-2H3,(H,15,16). The molecule has 86 valence electrons. The highest BCUT2D eigenvalue weighted by Crippen LogP contribution is 2.24. The van der Waals surface area contributed by atoms with Crippen molar-refractivity contribution in [1.29, 1.82) is 0 Å². The van der Waals surface area contributed by atoms with Gasteiger partial charge in [-0.05, 0) is 37.1 Å². The molecule has 0 amide bonds. The molecule has 1 rings (SSSR count). The van der Waals surface area contributed by atoms with Crippen molar-refractivity contribution in [1.82, 2.24) is 0 Å². The van der Waals surface area contributed by atoms with E-state index >= 15 is 0 Å². The fraction of sp³-hybridized carbons (Fsp3) is 0.250. The van der Waals surface area contributed by atoms with E-state index in [0.29, 0.717) is 0 Å². The van der Waals surface area contributed by atoms with Crippen LogP contribution in [0.15, 0.2) is 28.8 Å². The topological polar surface area (TPSA) is 49.3 Å². The van der Waals surface area contributed by atoms with Crippen LogP contribution >= 0.6 is 15.9 Å². The molecule has 1 aromatic rings.